The third kappa shape index (κ3) is 3.50. The third-order valence-corrected chi connectivity index (χ3v) is 4.04. The summed E-state index contributed by atoms with van der Waals surface area (Å²) in [5.74, 6) is 1.10. The standard InChI is InChI=1S/C14H18ClN5O/c1-2-10-5-3-6-11(9-10)21-14-18-12(15)17-13(19-14)20-8-4-7-16-20/h4,7-8,10-11H,2-3,5-6,9H2,1H3. The highest BCUT2D eigenvalue weighted by Crippen LogP contribution is 2.29. The second-order valence-electron chi connectivity index (χ2n) is 5.32. The zero-order valence-corrected chi connectivity index (χ0v) is 12.7. The van der Waals surface area contributed by atoms with Crippen molar-refractivity contribution in [3.05, 3.63) is 23.7 Å². The van der Waals surface area contributed by atoms with Gasteiger partial charge in [-0.2, -0.15) is 20.1 Å². The van der Waals surface area contributed by atoms with Gasteiger partial charge in [0.25, 0.3) is 5.95 Å². The van der Waals surface area contributed by atoms with Crippen LogP contribution >= 0.6 is 11.6 Å². The quantitative estimate of drug-likeness (QED) is 0.868. The van der Waals surface area contributed by atoms with Crippen LogP contribution in [0.4, 0.5) is 0 Å². The number of aromatic nitrogens is 5. The molecule has 0 aromatic carbocycles. The van der Waals surface area contributed by atoms with Gasteiger partial charge in [0.15, 0.2) is 0 Å². The fourth-order valence-corrected chi connectivity index (χ4v) is 2.88. The molecule has 1 aliphatic carbocycles. The minimum Gasteiger partial charge on any atom is -0.460 e. The van der Waals surface area contributed by atoms with E-state index in [0.29, 0.717) is 5.95 Å². The Morgan fingerprint density at radius 1 is 1.33 bits per heavy atom. The maximum absolute atomic E-state index is 5.96. The fraction of sp³-hybridized carbons (Fsp3) is 0.571. The summed E-state index contributed by atoms with van der Waals surface area (Å²) < 4.78 is 7.46. The van der Waals surface area contributed by atoms with E-state index in [4.69, 9.17) is 16.3 Å². The van der Waals surface area contributed by atoms with Crippen LogP contribution in [0, 0.1) is 5.92 Å². The molecule has 0 amide bonds. The molecule has 7 heteroatoms. The third-order valence-electron chi connectivity index (χ3n) is 3.87. The number of hydrogen-bond donors (Lipinski definition) is 0. The molecule has 1 fully saturated rings. The minimum absolute atomic E-state index is 0.119. The first-order chi connectivity index (χ1) is 10.2. The van der Waals surface area contributed by atoms with Gasteiger partial charge >= 0.3 is 6.01 Å². The van der Waals surface area contributed by atoms with Crippen LogP contribution in [0.1, 0.15) is 39.0 Å². The Kier molecular flexibility index (Phi) is 4.34. The Morgan fingerprint density at radius 3 is 3.00 bits per heavy atom. The predicted octanol–water partition coefficient (Wildman–Crippen LogP) is 3.06. The van der Waals surface area contributed by atoms with Crippen molar-refractivity contribution >= 4 is 11.6 Å². The lowest BCUT2D eigenvalue weighted by Gasteiger charge is -2.28. The van der Waals surface area contributed by atoms with Crippen molar-refractivity contribution in [2.45, 2.75) is 45.1 Å². The minimum atomic E-state index is 0.119. The molecule has 1 saturated carbocycles. The van der Waals surface area contributed by atoms with Crippen LogP contribution in [0.5, 0.6) is 6.01 Å². The number of ether oxygens (including phenoxy) is 1. The van der Waals surface area contributed by atoms with E-state index in [1.165, 1.54) is 23.9 Å². The van der Waals surface area contributed by atoms with Gasteiger partial charge in [-0.3, -0.25) is 0 Å². The Labute approximate surface area is 128 Å². The van der Waals surface area contributed by atoms with Gasteiger partial charge in [-0.25, -0.2) is 4.68 Å². The first kappa shape index (κ1) is 14.3. The van der Waals surface area contributed by atoms with Gasteiger partial charge in [0, 0.05) is 12.4 Å². The van der Waals surface area contributed by atoms with E-state index >= 15 is 0 Å². The van der Waals surface area contributed by atoms with Crippen molar-refractivity contribution in [2.75, 3.05) is 0 Å². The van der Waals surface area contributed by atoms with Gasteiger partial charge < -0.3 is 4.74 Å². The molecule has 0 N–H and O–H groups in total. The normalized spacial score (nSPS) is 22.2. The van der Waals surface area contributed by atoms with E-state index in [1.54, 1.807) is 18.5 Å². The number of rotatable bonds is 4. The lowest BCUT2D eigenvalue weighted by molar-refractivity contribution is 0.111. The zero-order chi connectivity index (χ0) is 14.7. The molecule has 1 aliphatic rings. The molecular weight excluding hydrogens is 290 g/mol. The SMILES string of the molecule is CCC1CCCC(Oc2nc(Cl)nc(-n3cccn3)n2)C1. The molecule has 0 aliphatic heterocycles. The molecule has 21 heavy (non-hydrogen) atoms. The Bertz CT molecular complexity index is 589. The van der Waals surface area contributed by atoms with Crippen LogP contribution in [0.25, 0.3) is 5.95 Å². The molecule has 0 radical (unpaired) electrons. The molecule has 2 aromatic rings. The van der Waals surface area contributed by atoms with E-state index in [0.717, 1.165) is 18.8 Å². The molecule has 112 valence electrons. The van der Waals surface area contributed by atoms with Crippen LogP contribution in [0.15, 0.2) is 18.5 Å². The predicted molar refractivity (Wildman–Crippen MR) is 78.6 cm³/mol. The van der Waals surface area contributed by atoms with Crippen molar-refractivity contribution in [3.63, 3.8) is 0 Å². The van der Waals surface area contributed by atoms with Crippen LogP contribution < -0.4 is 4.74 Å². The Hall–Kier alpha value is -1.69. The van der Waals surface area contributed by atoms with E-state index in [-0.39, 0.29) is 17.4 Å². The largest absolute Gasteiger partial charge is 0.460 e. The van der Waals surface area contributed by atoms with Crippen LogP contribution in [0.2, 0.25) is 5.28 Å². The van der Waals surface area contributed by atoms with E-state index in [9.17, 15) is 0 Å². The Balaban J connectivity index is 1.76. The van der Waals surface area contributed by atoms with Gasteiger partial charge in [-0.1, -0.05) is 19.8 Å². The molecule has 0 spiro atoms. The van der Waals surface area contributed by atoms with E-state index in [2.05, 4.69) is 27.0 Å². The lowest BCUT2D eigenvalue weighted by Crippen LogP contribution is -2.26. The van der Waals surface area contributed by atoms with Gasteiger partial charge in [0.05, 0.1) is 0 Å². The summed E-state index contributed by atoms with van der Waals surface area (Å²) in [6.07, 6.45) is 9.33. The number of hydrogen-bond acceptors (Lipinski definition) is 5. The van der Waals surface area contributed by atoms with E-state index < -0.39 is 0 Å². The average molecular weight is 308 g/mol. The summed E-state index contributed by atoms with van der Waals surface area (Å²) in [5.41, 5.74) is 0. The first-order valence-electron chi connectivity index (χ1n) is 7.33. The van der Waals surface area contributed by atoms with Gasteiger partial charge in [0.2, 0.25) is 5.28 Å². The van der Waals surface area contributed by atoms with E-state index in [1.807, 2.05) is 0 Å². The smallest absolute Gasteiger partial charge is 0.322 e. The molecule has 0 bridgehead atoms. The summed E-state index contributed by atoms with van der Waals surface area (Å²) in [4.78, 5) is 12.4. The van der Waals surface area contributed by atoms with Crippen molar-refractivity contribution in [2.24, 2.45) is 5.92 Å². The maximum atomic E-state index is 5.96. The molecule has 2 atom stereocenters. The monoisotopic (exact) mass is 307 g/mol. The summed E-state index contributed by atoms with van der Waals surface area (Å²) in [5, 5.41) is 4.21. The number of halogens is 1. The van der Waals surface area contributed by atoms with Crippen molar-refractivity contribution < 1.29 is 4.74 Å². The number of nitrogens with zero attached hydrogens (tertiary/aromatic N) is 5. The molecule has 6 nitrogen and oxygen atoms in total. The summed E-state index contributed by atoms with van der Waals surface area (Å²) in [6.45, 7) is 2.22. The van der Waals surface area contributed by atoms with Crippen molar-refractivity contribution in [1.82, 2.24) is 24.7 Å². The first-order valence-corrected chi connectivity index (χ1v) is 7.70. The molecule has 2 heterocycles. The summed E-state index contributed by atoms with van der Waals surface area (Å²) in [6, 6.07) is 2.08. The summed E-state index contributed by atoms with van der Waals surface area (Å²) >= 11 is 5.96. The maximum Gasteiger partial charge on any atom is 0.322 e. The van der Waals surface area contributed by atoms with Gasteiger partial charge in [0.1, 0.15) is 6.10 Å². The van der Waals surface area contributed by atoms with Gasteiger partial charge in [-0.15, -0.1) is 0 Å². The highest BCUT2D eigenvalue weighted by Gasteiger charge is 2.23. The summed E-state index contributed by atoms with van der Waals surface area (Å²) in [7, 11) is 0. The average Bonchev–Trinajstić information content (AvgIpc) is 3.01. The lowest BCUT2D eigenvalue weighted by atomic mass is 9.86. The molecule has 0 saturated heterocycles. The second kappa shape index (κ2) is 6.39. The van der Waals surface area contributed by atoms with Crippen LogP contribution in [-0.4, -0.2) is 30.8 Å². The van der Waals surface area contributed by atoms with Crippen LogP contribution in [-0.2, 0) is 0 Å². The highest BCUT2D eigenvalue weighted by molar-refractivity contribution is 6.28. The van der Waals surface area contributed by atoms with Crippen LogP contribution in [0.3, 0.4) is 0 Å². The molecule has 2 aromatic heterocycles. The fourth-order valence-electron chi connectivity index (χ4n) is 2.73. The molecule has 3 rings (SSSR count). The second-order valence-corrected chi connectivity index (χ2v) is 5.66. The molecule has 2 unspecified atom stereocenters. The molecular formula is C14H18ClN5O. The Morgan fingerprint density at radius 2 is 2.24 bits per heavy atom. The zero-order valence-electron chi connectivity index (χ0n) is 11.9. The van der Waals surface area contributed by atoms with Crippen molar-refractivity contribution in [1.29, 1.82) is 0 Å². The topological polar surface area (TPSA) is 65.7 Å². The van der Waals surface area contributed by atoms with Crippen molar-refractivity contribution in [3.8, 4) is 12.0 Å². The highest BCUT2D eigenvalue weighted by atomic mass is 35.5. The van der Waals surface area contributed by atoms with Gasteiger partial charge in [-0.05, 0) is 42.8 Å².